The first kappa shape index (κ1) is 19.4. The molecule has 7 nitrogen and oxygen atoms in total. The Balaban J connectivity index is 1.64. The summed E-state index contributed by atoms with van der Waals surface area (Å²) in [6.45, 7) is 5.04. The van der Waals surface area contributed by atoms with Gasteiger partial charge in [-0.3, -0.25) is 9.20 Å². The Bertz CT molecular complexity index is 1030. The molecule has 2 aromatic heterocycles. The van der Waals surface area contributed by atoms with Gasteiger partial charge >= 0.3 is 0 Å². The standard InChI is InChI=1S/C22H26N4O3/c1-14-11-19(17-5-4-6-18(12-17)29-10-9-28-3)25-21-20(23-13-26(14)21)22(27)24-15(2)16-7-8-16/h4-6,11-13,15-16H,7-10H2,1-3H3,(H,24,27). The van der Waals surface area contributed by atoms with Crippen LogP contribution in [-0.2, 0) is 4.74 Å². The van der Waals surface area contributed by atoms with E-state index in [1.54, 1.807) is 13.4 Å². The summed E-state index contributed by atoms with van der Waals surface area (Å²) >= 11 is 0. The number of imidazole rings is 1. The van der Waals surface area contributed by atoms with E-state index in [1.165, 1.54) is 12.8 Å². The summed E-state index contributed by atoms with van der Waals surface area (Å²) in [5.74, 6) is 1.16. The normalized spacial score (nSPS) is 14.7. The fraction of sp³-hybridized carbons (Fsp3) is 0.409. The summed E-state index contributed by atoms with van der Waals surface area (Å²) in [6, 6.07) is 9.90. The lowest BCUT2D eigenvalue weighted by molar-refractivity contribution is 0.0933. The summed E-state index contributed by atoms with van der Waals surface area (Å²) in [5, 5.41) is 3.07. The van der Waals surface area contributed by atoms with E-state index >= 15 is 0 Å². The van der Waals surface area contributed by atoms with Gasteiger partial charge in [0, 0.05) is 24.4 Å². The summed E-state index contributed by atoms with van der Waals surface area (Å²) < 4.78 is 12.6. The van der Waals surface area contributed by atoms with Crippen molar-refractivity contribution in [3.63, 3.8) is 0 Å². The number of amides is 1. The molecule has 1 atom stereocenters. The Labute approximate surface area is 170 Å². The molecule has 1 fully saturated rings. The first-order chi connectivity index (χ1) is 14.1. The highest BCUT2D eigenvalue weighted by Crippen LogP contribution is 2.32. The van der Waals surface area contributed by atoms with Crippen LogP contribution >= 0.6 is 0 Å². The number of nitrogens with one attached hydrogen (secondary N) is 1. The van der Waals surface area contributed by atoms with Crippen molar-refractivity contribution < 1.29 is 14.3 Å². The summed E-state index contributed by atoms with van der Waals surface area (Å²) in [4.78, 5) is 21.9. The van der Waals surface area contributed by atoms with E-state index in [0.717, 1.165) is 22.7 Å². The lowest BCUT2D eigenvalue weighted by atomic mass is 10.1. The largest absolute Gasteiger partial charge is 0.491 e. The zero-order chi connectivity index (χ0) is 20.4. The monoisotopic (exact) mass is 394 g/mol. The van der Waals surface area contributed by atoms with Gasteiger partial charge in [-0.1, -0.05) is 12.1 Å². The molecule has 1 N–H and O–H groups in total. The Hall–Kier alpha value is -2.93. The van der Waals surface area contributed by atoms with Gasteiger partial charge in [0.15, 0.2) is 11.3 Å². The van der Waals surface area contributed by atoms with Crippen LogP contribution in [0.15, 0.2) is 36.7 Å². The van der Waals surface area contributed by atoms with Gasteiger partial charge in [-0.15, -0.1) is 0 Å². The summed E-state index contributed by atoms with van der Waals surface area (Å²) in [5.41, 5.74) is 3.57. The Morgan fingerprint density at radius 1 is 1.31 bits per heavy atom. The molecule has 0 radical (unpaired) electrons. The highest BCUT2D eigenvalue weighted by atomic mass is 16.5. The number of aromatic nitrogens is 3. The van der Waals surface area contributed by atoms with Crippen LogP contribution in [-0.4, -0.2) is 46.6 Å². The number of carbonyl (C=O) groups is 1. The molecule has 3 aromatic rings. The molecular weight excluding hydrogens is 368 g/mol. The smallest absolute Gasteiger partial charge is 0.274 e. The number of methoxy groups -OCH3 is 1. The highest BCUT2D eigenvalue weighted by Gasteiger charge is 2.30. The van der Waals surface area contributed by atoms with Crippen LogP contribution in [0.5, 0.6) is 5.75 Å². The maximum atomic E-state index is 12.8. The average molecular weight is 394 g/mol. The van der Waals surface area contributed by atoms with Crippen LogP contribution in [0, 0.1) is 12.8 Å². The highest BCUT2D eigenvalue weighted by molar-refractivity contribution is 5.98. The Kier molecular flexibility index (Phi) is 5.49. The van der Waals surface area contributed by atoms with Gasteiger partial charge in [0.05, 0.1) is 12.3 Å². The number of fused-ring (bicyclic) bond motifs is 1. The van der Waals surface area contributed by atoms with Gasteiger partial charge in [0.1, 0.15) is 18.7 Å². The van der Waals surface area contributed by atoms with Crippen molar-refractivity contribution in [2.45, 2.75) is 32.7 Å². The maximum Gasteiger partial charge on any atom is 0.274 e. The summed E-state index contributed by atoms with van der Waals surface area (Å²) in [6.07, 6.45) is 4.01. The molecule has 1 aliphatic carbocycles. The zero-order valence-corrected chi connectivity index (χ0v) is 17.0. The molecule has 29 heavy (non-hydrogen) atoms. The maximum absolute atomic E-state index is 12.8. The van der Waals surface area contributed by atoms with Crippen LogP contribution in [0.1, 0.15) is 35.9 Å². The first-order valence-corrected chi connectivity index (χ1v) is 9.94. The number of rotatable bonds is 8. The van der Waals surface area contributed by atoms with E-state index in [0.29, 0.717) is 30.5 Å². The minimum Gasteiger partial charge on any atom is -0.491 e. The van der Waals surface area contributed by atoms with Gasteiger partial charge in [-0.25, -0.2) is 9.97 Å². The molecule has 1 amide bonds. The van der Waals surface area contributed by atoms with Gasteiger partial charge in [-0.2, -0.15) is 0 Å². The summed E-state index contributed by atoms with van der Waals surface area (Å²) in [7, 11) is 1.65. The molecule has 0 spiro atoms. The molecular formula is C22H26N4O3. The van der Waals surface area contributed by atoms with Gasteiger partial charge in [-0.05, 0) is 50.8 Å². The van der Waals surface area contributed by atoms with E-state index in [9.17, 15) is 4.79 Å². The third-order valence-electron chi connectivity index (χ3n) is 5.28. The Morgan fingerprint density at radius 2 is 2.14 bits per heavy atom. The van der Waals surface area contributed by atoms with Crippen molar-refractivity contribution in [3.05, 3.63) is 48.0 Å². The minimum atomic E-state index is -0.174. The lowest BCUT2D eigenvalue weighted by Gasteiger charge is -2.12. The second-order valence-electron chi connectivity index (χ2n) is 7.54. The van der Waals surface area contributed by atoms with Gasteiger partial charge in [0.2, 0.25) is 0 Å². The van der Waals surface area contributed by atoms with Gasteiger partial charge in [0.25, 0.3) is 5.91 Å². The topological polar surface area (TPSA) is 77.8 Å². The number of hydrogen-bond acceptors (Lipinski definition) is 5. The Morgan fingerprint density at radius 3 is 2.90 bits per heavy atom. The predicted molar refractivity (Wildman–Crippen MR) is 110 cm³/mol. The van der Waals surface area contributed by atoms with Crippen molar-refractivity contribution in [2.75, 3.05) is 20.3 Å². The minimum absolute atomic E-state index is 0.157. The second kappa shape index (κ2) is 8.21. The third-order valence-corrected chi connectivity index (χ3v) is 5.28. The lowest BCUT2D eigenvalue weighted by Crippen LogP contribution is -2.34. The molecule has 1 unspecified atom stereocenters. The number of hydrogen-bond donors (Lipinski definition) is 1. The van der Waals surface area contributed by atoms with Crippen molar-refractivity contribution in [3.8, 4) is 17.0 Å². The molecule has 1 aromatic carbocycles. The van der Waals surface area contributed by atoms with Crippen LogP contribution in [0.3, 0.4) is 0 Å². The molecule has 0 bridgehead atoms. The number of aryl methyl sites for hydroxylation is 1. The van der Waals surface area contributed by atoms with Crippen LogP contribution in [0.2, 0.25) is 0 Å². The van der Waals surface area contributed by atoms with E-state index in [-0.39, 0.29) is 11.9 Å². The van der Waals surface area contributed by atoms with E-state index in [4.69, 9.17) is 14.5 Å². The van der Waals surface area contributed by atoms with Crippen LogP contribution < -0.4 is 10.1 Å². The quantitative estimate of drug-likeness (QED) is 0.594. The second-order valence-corrected chi connectivity index (χ2v) is 7.54. The van der Waals surface area contributed by atoms with Gasteiger partial charge < -0.3 is 14.8 Å². The fourth-order valence-corrected chi connectivity index (χ4v) is 3.41. The zero-order valence-electron chi connectivity index (χ0n) is 17.0. The number of benzene rings is 1. The molecule has 1 saturated carbocycles. The molecule has 7 heteroatoms. The van der Waals surface area contributed by atoms with Crippen molar-refractivity contribution in [1.29, 1.82) is 0 Å². The van der Waals surface area contributed by atoms with Crippen molar-refractivity contribution in [1.82, 2.24) is 19.7 Å². The molecule has 0 saturated heterocycles. The molecule has 152 valence electrons. The number of carbonyl (C=O) groups excluding carboxylic acids is 1. The van der Waals surface area contributed by atoms with Crippen LogP contribution in [0.4, 0.5) is 0 Å². The van der Waals surface area contributed by atoms with E-state index in [1.807, 2.05) is 48.6 Å². The van der Waals surface area contributed by atoms with E-state index < -0.39 is 0 Å². The third kappa shape index (κ3) is 4.24. The number of nitrogens with zero attached hydrogens (tertiary/aromatic N) is 3. The average Bonchev–Trinajstić information content (AvgIpc) is 3.47. The van der Waals surface area contributed by atoms with E-state index in [2.05, 4.69) is 10.3 Å². The SMILES string of the molecule is COCCOc1cccc(-c2cc(C)n3cnc(C(=O)NC(C)C4CC4)c3n2)c1. The molecule has 0 aliphatic heterocycles. The molecule has 1 aliphatic rings. The first-order valence-electron chi connectivity index (χ1n) is 9.94. The fourth-order valence-electron chi connectivity index (χ4n) is 3.41. The van der Waals surface area contributed by atoms with Crippen molar-refractivity contribution >= 4 is 11.6 Å². The molecule has 4 rings (SSSR count). The number of ether oxygens (including phenoxy) is 2. The van der Waals surface area contributed by atoms with Crippen molar-refractivity contribution in [2.24, 2.45) is 5.92 Å². The van der Waals surface area contributed by atoms with Crippen LogP contribution in [0.25, 0.3) is 16.9 Å². The molecule has 2 heterocycles. The predicted octanol–water partition coefficient (Wildman–Crippen LogP) is 3.26.